The molecule has 1 amide bonds. The molecule has 0 aliphatic heterocycles. The number of rotatable bonds is 7. The molecule has 2 unspecified atom stereocenters. The number of nitrogens with one attached hydrogen (secondary N) is 1. The van der Waals surface area contributed by atoms with Crippen molar-refractivity contribution in [3.63, 3.8) is 0 Å². The first kappa shape index (κ1) is 18.3. The van der Waals surface area contributed by atoms with E-state index in [4.69, 9.17) is 4.74 Å². The number of thioether (sulfide) groups is 1. The second-order valence-corrected chi connectivity index (χ2v) is 6.11. The van der Waals surface area contributed by atoms with Gasteiger partial charge in [0.05, 0.1) is 0 Å². The van der Waals surface area contributed by atoms with E-state index in [1.54, 1.807) is 17.8 Å². The summed E-state index contributed by atoms with van der Waals surface area (Å²) in [6, 6.07) is 16.6. The minimum Gasteiger partial charge on any atom is -0.445 e. The minimum atomic E-state index is -1.12. The van der Waals surface area contributed by atoms with Gasteiger partial charge in [-0.05, 0) is 29.5 Å². The van der Waals surface area contributed by atoms with Gasteiger partial charge in [-0.3, -0.25) is 0 Å². The van der Waals surface area contributed by atoms with Crippen LogP contribution >= 0.6 is 11.8 Å². The predicted octanol–water partition coefficient (Wildman–Crippen LogP) is 2.73. The lowest BCUT2D eigenvalue weighted by Crippen LogP contribution is -2.35. The number of alkyl carbamates (subject to hydrolysis) is 1. The number of ether oxygens (including phenoxy) is 1. The third-order valence-corrected chi connectivity index (χ3v) is 4.19. The molecule has 3 N–H and O–H groups in total. The topological polar surface area (TPSA) is 78.8 Å². The van der Waals surface area contributed by atoms with Gasteiger partial charge in [0.2, 0.25) is 0 Å². The van der Waals surface area contributed by atoms with Crippen LogP contribution in [0.5, 0.6) is 0 Å². The number of benzene rings is 2. The highest BCUT2D eigenvalue weighted by Gasteiger charge is 2.19. The molecule has 0 bridgehead atoms. The van der Waals surface area contributed by atoms with E-state index >= 15 is 0 Å². The first-order valence-electron chi connectivity index (χ1n) is 7.55. The Morgan fingerprint density at radius 2 is 1.92 bits per heavy atom. The fourth-order valence-electron chi connectivity index (χ4n) is 2.12. The lowest BCUT2D eigenvalue weighted by molar-refractivity contribution is 0.0183. The average Bonchev–Trinajstić information content (AvgIpc) is 2.64. The largest absolute Gasteiger partial charge is 0.445 e. The van der Waals surface area contributed by atoms with Crippen molar-refractivity contribution in [2.24, 2.45) is 0 Å². The van der Waals surface area contributed by atoms with Crippen LogP contribution in [-0.4, -0.2) is 35.2 Å². The minimum absolute atomic E-state index is 0.0989. The summed E-state index contributed by atoms with van der Waals surface area (Å²) in [5.74, 6) is 0. The first-order valence-corrected chi connectivity index (χ1v) is 8.77. The number of aliphatic hydroxyl groups is 2. The van der Waals surface area contributed by atoms with Crippen molar-refractivity contribution in [2.45, 2.75) is 23.7 Å². The molecule has 0 saturated carbocycles. The zero-order valence-electron chi connectivity index (χ0n) is 13.4. The summed E-state index contributed by atoms with van der Waals surface area (Å²) >= 11 is 1.55. The summed E-state index contributed by atoms with van der Waals surface area (Å²) in [6.07, 6.45) is -0.896. The highest BCUT2D eigenvalue weighted by molar-refractivity contribution is 7.98. The summed E-state index contributed by atoms with van der Waals surface area (Å²) in [4.78, 5) is 12.6. The number of carbonyl (C=O) groups excluding carboxylic acids is 1. The summed E-state index contributed by atoms with van der Waals surface area (Å²) in [6.45, 7) is 0.0549. The van der Waals surface area contributed by atoms with Crippen molar-refractivity contribution in [3.05, 3.63) is 65.7 Å². The molecule has 0 saturated heterocycles. The van der Waals surface area contributed by atoms with Gasteiger partial charge in [0.15, 0.2) is 0 Å². The van der Waals surface area contributed by atoms with Crippen molar-refractivity contribution in [1.29, 1.82) is 0 Å². The zero-order valence-corrected chi connectivity index (χ0v) is 14.2. The van der Waals surface area contributed by atoms with Crippen LogP contribution in [-0.2, 0) is 11.3 Å². The molecule has 128 valence electrons. The molecule has 2 aromatic carbocycles. The molecule has 0 spiro atoms. The quantitative estimate of drug-likeness (QED) is 0.671. The SMILES string of the molecule is CSc1cccc(C(O)C(O)CNC(=O)OCc2ccccc2)c1. The lowest BCUT2D eigenvalue weighted by atomic mass is 10.0. The highest BCUT2D eigenvalue weighted by atomic mass is 32.2. The Balaban J connectivity index is 1.79. The maximum Gasteiger partial charge on any atom is 0.407 e. The summed E-state index contributed by atoms with van der Waals surface area (Å²) < 4.78 is 5.05. The Labute approximate surface area is 145 Å². The molecule has 0 aromatic heterocycles. The Morgan fingerprint density at radius 3 is 2.62 bits per heavy atom. The lowest BCUT2D eigenvalue weighted by Gasteiger charge is -2.19. The average molecular weight is 347 g/mol. The van der Waals surface area contributed by atoms with E-state index < -0.39 is 18.3 Å². The highest BCUT2D eigenvalue weighted by Crippen LogP contribution is 2.22. The van der Waals surface area contributed by atoms with Crippen LogP contribution in [0.3, 0.4) is 0 Å². The van der Waals surface area contributed by atoms with Gasteiger partial charge in [-0.1, -0.05) is 42.5 Å². The van der Waals surface area contributed by atoms with E-state index in [0.717, 1.165) is 10.5 Å². The van der Waals surface area contributed by atoms with Gasteiger partial charge in [0.25, 0.3) is 0 Å². The van der Waals surface area contributed by atoms with Gasteiger partial charge in [-0.25, -0.2) is 4.79 Å². The molecule has 0 fully saturated rings. The number of aliphatic hydroxyl groups excluding tert-OH is 2. The molecular weight excluding hydrogens is 326 g/mol. The second-order valence-electron chi connectivity index (χ2n) is 5.23. The fourth-order valence-corrected chi connectivity index (χ4v) is 2.59. The standard InChI is InChI=1S/C18H21NO4S/c1-24-15-9-5-8-14(10-15)17(21)16(20)11-19-18(22)23-12-13-6-3-2-4-7-13/h2-10,16-17,20-21H,11-12H2,1H3,(H,19,22). The van der Waals surface area contributed by atoms with Crippen molar-refractivity contribution in [2.75, 3.05) is 12.8 Å². The molecule has 2 rings (SSSR count). The van der Waals surface area contributed by atoms with Gasteiger partial charge >= 0.3 is 6.09 Å². The third-order valence-electron chi connectivity index (χ3n) is 3.47. The van der Waals surface area contributed by atoms with E-state index in [9.17, 15) is 15.0 Å². The maximum absolute atomic E-state index is 11.7. The number of carbonyl (C=O) groups is 1. The van der Waals surface area contributed by atoms with Crippen LogP contribution in [0.1, 0.15) is 17.2 Å². The molecule has 0 heterocycles. The van der Waals surface area contributed by atoms with Crippen molar-refractivity contribution < 1.29 is 19.7 Å². The van der Waals surface area contributed by atoms with Crippen LogP contribution < -0.4 is 5.32 Å². The Hall–Kier alpha value is -2.02. The number of hydrogen-bond acceptors (Lipinski definition) is 5. The van der Waals surface area contributed by atoms with Crippen molar-refractivity contribution in [1.82, 2.24) is 5.32 Å². The predicted molar refractivity (Wildman–Crippen MR) is 93.8 cm³/mol. The second kappa shape index (κ2) is 9.32. The van der Waals surface area contributed by atoms with Gasteiger partial charge in [0, 0.05) is 11.4 Å². The monoisotopic (exact) mass is 347 g/mol. The molecule has 24 heavy (non-hydrogen) atoms. The van der Waals surface area contributed by atoms with Crippen molar-refractivity contribution in [3.8, 4) is 0 Å². The number of amides is 1. The molecule has 0 radical (unpaired) electrons. The van der Waals surface area contributed by atoms with Gasteiger partial charge < -0.3 is 20.3 Å². The molecule has 0 aliphatic rings. The van der Waals surface area contributed by atoms with E-state index in [2.05, 4.69) is 5.32 Å². The molecule has 2 aromatic rings. The summed E-state index contributed by atoms with van der Waals surface area (Å²) in [5, 5.41) is 22.7. The van der Waals surface area contributed by atoms with Crippen LogP contribution in [0.15, 0.2) is 59.5 Å². The molecule has 6 heteroatoms. The van der Waals surface area contributed by atoms with E-state index in [0.29, 0.717) is 5.56 Å². The normalized spacial score (nSPS) is 13.1. The van der Waals surface area contributed by atoms with E-state index in [1.807, 2.05) is 54.8 Å². The smallest absolute Gasteiger partial charge is 0.407 e. The third kappa shape index (κ3) is 5.56. The number of hydrogen-bond donors (Lipinski definition) is 3. The molecule has 5 nitrogen and oxygen atoms in total. The van der Waals surface area contributed by atoms with Crippen LogP contribution in [0, 0.1) is 0 Å². The Kier molecular flexibility index (Phi) is 7.11. The summed E-state index contributed by atoms with van der Waals surface area (Å²) in [7, 11) is 0. The van der Waals surface area contributed by atoms with Crippen molar-refractivity contribution >= 4 is 17.9 Å². The zero-order chi connectivity index (χ0) is 17.4. The van der Waals surface area contributed by atoms with Crippen LogP contribution in [0.2, 0.25) is 0 Å². The van der Waals surface area contributed by atoms with E-state index in [1.165, 1.54) is 0 Å². The van der Waals surface area contributed by atoms with Crippen LogP contribution in [0.4, 0.5) is 4.79 Å². The fraction of sp³-hybridized carbons (Fsp3) is 0.278. The molecule has 0 aliphatic carbocycles. The first-order chi connectivity index (χ1) is 11.6. The Morgan fingerprint density at radius 1 is 1.17 bits per heavy atom. The van der Waals surface area contributed by atoms with Gasteiger partial charge in [0.1, 0.15) is 18.8 Å². The van der Waals surface area contributed by atoms with E-state index in [-0.39, 0.29) is 13.2 Å². The van der Waals surface area contributed by atoms with Gasteiger partial charge in [-0.2, -0.15) is 0 Å². The Bertz CT molecular complexity index is 650. The maximum atomic E-state index is 11.7. The van der Waals surface area contributed by atoms with Gasteiger partial charge in [-0.15, -0.1) is 11.8 Å². The molecule has 2 atom stereocenters. The van der Waals surface area contributed by atoms with Crippen LogP contribution in [0.25, 0.3) is 0 Å². The molecular formula is C18H21NO4S. The summed E-state index contributed by atoms with van der Waals surface area (Å²) in [5.41, 5.74) is 1.48.